The van der Waals surface area contributed by atoms with Crippen molar-refractivity contribution in [1.29, 1.82) is 0 Å². The van der Waals surface area contributed by atoms with E-state index in [1.54, 1.807) is 0 Å². The quantitative estimate of drug-likeness (QED) is 0.738. The molecule has 1 saturated heterocycles. The molecule has 1 aromatic rings. The summed E-state index contributed by atoms with van der Waals surface area (Å²) in [6.45, 7) is 3.56. The number of amides is 1. The number of rotatable bonds is 6. The van der Waals surface area contributed by atoms with Crippen molar-refractivity contribution in [2.45, 2.75) is 38.3 Å². The third kappa shape index (κ3) is 4.05. The normalized spacial score (nSPS) is 23.5. The molecule has 3 unspecified atom stereocenters. The third-order valence-electron chi connectivity index (χ3n) is 3.94. The predicted molar refractivity (Wildman–Crippen MR) is 81.2 cm³/mol. The minimum atomic E-state index is 0.0724. The molecule has 0 aliphatic carbocycles. The number of nitrogens with two attached hydrogens (primary N) is 1. The van der Waals surface area contributed by atoms with Crippen LogP contribution in [0.15, 0.2) is 30.3 Å². The first-order valence-electron chi connectivity index (χ1n) is 7.49. The lowest BCUT2D eigenvalue weighted by atomic mass is 9.99. The van der Waals surface area contributed by atoms with E-state index in [0.717, 1.165) is 31.4 Å². The van der Waals surface area contributed by atoms with Crippen molar-refractivity contribution in [2.75, 3.05) is 13.1 Å². The highest BCUT2D eigenvalue weighted by molar-refractivity contribution is 5.79. The van der Waals surface area contributed by atoms with Gasteiger partial charge in [-0.3, -0.25) is 4.79 Å². The van der Waals surface area contributed by atoms with Crippen LogP contribution in [-0.4, -0.2) is 25.0 Å². The third-order valence-corrected chi connectivity index (χ3v) is 3.94. The first kappa shape index (κ1) is 15.0. The van der Waals surface area contributed by atoms with E-state index in [1.807, 2.05) is 18.2 Å². The van der Waals surface area contributed by atoms with E-state index in [9.17, 15) is 4.79 Å². The number of carbonyl (C=O) groups is 1. The van der Waals surface area contributed by atoms with Crippen molar-refractivity contribution in [3.05, 3.63) is 35.9 Å². The summed E-state index contributed by atoms with van der Waals surface area (Å²) < 4.78 is 0. The van der Waals surface area contributed by atoms with Crippen LogP contribution >= 0.6 is 0 Å². The van der Waals surface area contributed by atoms with E-state index in [-0.39, 0.29) is 17.9 Å². The molecule has 1 amide bonds. The molecular weight excluding hydrogens is 250 g/mol. The van der Waals surface area contributed by atoms with E-state index in [1.165, 1.54) is 0 Å². The fourth-order valence-corrected chi connectivity index (χ4v) is 2.76. The molecule has 1 fully saturated rings. The molecule has 0 saturated carbocycles. The Balaban J connectivity index is 1.98. The van der Waals surface area contributed by atoms with Gasteiger partial charge >= 0.3 is 0 Å². The summed E-state index contributed by atoms with van der Waals surface area (Å²) >= 11 is 0. The van der Waals surface area contributed by atoms with Crippen LogP contribution in [0.2, 0.25) is 0 Å². The maximum Gasteiger partial charge on any atom is 0.224 e. The second-order valence-corrected chi connectivity index (χ2v) is 5.64. The summed E-state index contributed by atoms with van der Waals surface area (Å²) in [7, 11) is 0. The lowest BCUT2D eigenvalue weighted by Crippen LogP contribution is -2.35. The van der Waals surface area contributed by atoms with E-state index < -0.39 is 0 Å². The van der Waals surface area contributed by atoms with Crippen LogP contribution in [0.5, 0.6) is 0 Å². The van der Waals surface area contributed by atoms with Crippen molar-refractivity contribution in [3.63, 3.8) is 0 Å². The molecule has 2 rings (SSSR count). The highest BCUT2D eigenvalue weighted by Gasteiger charge is 2.28. The summed E-state index contributed by atoms with van der Waals surface area (Å²) in [5.74, 6) is 0.252. The molecule has 0 radical (unpaired) electrons. The smallest absolute Gasteiger partial charge is 0.224 e. The topological polar surface area (TPSA) is 67.2 Å². The molecule has 4 N–H and O–H groups in total. The van der Waals surface area contributed by atoms with Crippen LogP contribution in [0, 0.1) is 5.92 Å². The van der Waals surface area contributed by atoms with Gasteiger partial charge in [-0.2, -0.15) is 0 Å². The van der Waals surface area contributed by atoms with Crippen molar-refractivity contribution in [2.24, 2.45) is 11.7 Å². The van der Waals surface area contributed by atoms with Crippen LogP contribution < -0.4 is 16.4 Å². The fraction of sp³-hybridized carbons (Fsp3) is 0.562. The van der Waals surface area contributed by atoms with Crippen LogP contribution in [0.4, 0.5) is 0 Å². The standard InChI is InChI=1S/C16H25N3O/c1-12-10-14(11-18-12)16(20)19-15(8-5-9-17)13-6-3-2-4-7-13/h2-4,6-7,12,14-15,18H,5,8-11,17H2,1H3,(H,19,20). The Morgan fingerprint density at radius 2 is 2.20 bits per heavy atom. The fourth-order valence-electron chi connectivity index (χ4n) is 2.76. The second-order valence-electron chi connectivity index (χ2n) is 5.64. The van der Waals surface area contributed by atoms with Gasteiger partial charge in [0.1, 0.15) is 0 Å². The molecule has 0 bridgehead atoms. The predicted octanol–water partition coefficient (Wildman–Crippen LogP) is 1.58. The van der Waals surface area contributed by atoms with Gasteiger partial charge in [-0.15, -0.1) is 0 Å². The highest BCUT2D eigenvalue weighted by atomic mass is 16.2. The van der Waals surface area contributed by atoms with Crippen molar-refractivity contribution in [1.82, 2.24) is 10.6 Å². The molecule has 1 aliphatic rings. The van der Waals surface area contributed by atoms with Crippen LogP contribution in [0.3, 0.4) is 0 Å². The van der Waals surface area contributed by atoms with E-state index in [0.29, 0.717) is 12.6 Å². The highest BCUT2D eigenvalue weighted by Crippen LogP contribution is 2.20. The molecule has 4 heteroatoms. The number of nitrogens with one attached hydrogen (secondary N) is 2. The zero-order valence-corrected chi connectivity index (χ0v) is 12.1. The van der Waals surface area contributed by atoms with Gasteiger partial charge in [0, 0.05) is 12.6 Å². The molecule has 1 aliphatic heterocycles. The number of benzene rings is 1. The van der Waals surface area contributed by atoms with Crippen LogP contribution in [0.25, 0.3) is 0 Å². The molecule has 1 aromatic carbocycles. The molecular formula is C16H25N3O. The van der Waals surface area contributed by atoms with Crippen LogP contribution in [0.1, 0.15) is 37.8 Å². The Morgan fingerprint density at radius 1 is 1.45 bits per heavy atom. The number of hydrogen-bond acceptors (Lipinski definition) is 3. The first-order valence-corrected chi connectivity index (χ1v) is 7.49. The molecule has 110 valence electrons. The Morgan fingerprint density at radius 3 is 2.80 bits per heavy atom. The van der Waals surface area contributed by atoms with Crippen molar-refractivity contribution >= 4 is 5.91 Å². The summed E-state index contributed by atoms with van der Waals surface area (Å²) in [6.07, 6.45) is 2.73. The van der Waals surface area contributed by atoms with Gasteiger partial charge in [0.15, 0.2) is 0 Å². The zero-order chi connectivity index (χ0) is 14.4. The lowest BCUT2D eigenvalue weighted by molar-refractivity contribution is -0.125. The summed E-state index contributed by atoms with van der Waals surface area (Å²) in [6, 6.07) is 10.7. The molecule has 4 nitrogen and oxygen atoms in total. The first-order chi connectivity index (χ1) is 9.70. The largest absolute Gasteiger partial charge is 0.349 e. The van der Waals surface area contributed by atoms with Gasteiger partial charge in [-0.05, 0) is 38.3 Å². The Kier molecular flexibility index (Phi) is 5.56. The average Bonchev–Trinajstić information content (AvgIpc) is 2.91. The summed E-state index contributed by atoms with van der Waals surface area (Å²) in [5, 5.41) is 6.52. The molecule has 1 heterocycles. The summed E-state index contributed by atoms with van der Waals surface area (Å²) in [4.78, 5) is 12.4. The van der Waals surface area contributed by atoms with Gasteiger partial charge < -0.3 is 16.4 Å². The second kappa shape index (κ2) is 7.41. The Bertz CT molecular complexity index is 421. The summed E-state index contributed by atoms with van der Waals surface area (Å²) in [5.41, 5.74) is 6.76. The van der Waals surface area contributed by atoms with E-state index in [4.69, 9.17) is 5.73 Å². The molecule has 3 atom stereocenters. The van der Waals surface area contributed by atoms with Gasteiger partial charge in [0.05, 0.1) is 12.0 Å². The minimum absolute atomic E-state index is 0.0724. The van der Waals surface area contributed by atoms with Gasteiger partial charge in [0.25, 0.3) is 0 Å². The monoisotopic (exact) mass is 275 g/mol. The van der Waals surface area contributed by atoms with Gasteiger partial charge in [-0.1, -0.05) is 30.3 Å². The van der Waals surface area contributed by atoms with Crippen molar-refractivity contribution < 1.29 is 4.79 Å². The van der Waals surface area contributed by atoms with Gasteiger partial charge in [0.2, 0.25) is 5.91 Å². The Hall–Kier alpha value is -1.39. The number of hydrogen-bond donors (Lipinski definition) is 3. The van der Waals surface area contributed by atoms with E-state index >= 15 is 0 Å². The average molecular weight is 275 g/mol. The SMILES string of the molecule is CC1CC(C(=O)NC(CCCN)c2ccccc2)CN1. The van der Waals surface area contributed by atoms with E-state index in [2.05, 4.69) is 29.7 Å². The van der Waals surface area contributed by atoms with Crippen LogP contribution in [-0.2, 0) is 4.79 Å². The van der Waals surface area contributed by atoms with Crippen molar-refractivity contribution in [3.8, 4) is 0 Å². The maximum absolute atomic E-state index is 12.4. The molecule has 0 aromatic heterocycles. The molecule has 0 spiro atoms. The lowest BCUT2D eigenvalue weighted by Gasteiger charge is -2.21. The Labute approximate surface area is 121 Å². The number of carbonyl (C=O) groups excluding carboxylic acids is 1. The minimum Gasteiger partial charge on any atom is -0.349 e. The zero-order valence-electron chi connectivity index (χ0n) is 12.1. The maximum atomic E-state index is 12.4. The molecule has 20 heavy (non-hydrogen) atoms. The van der Waals surface area contributed by atoms with Gasteiger partial charge in [-0.25, -0.2) is 0 Å².